The van der Waals surface area contributed by atoms with E-state index in [2.05, 4.69) is 0 Å². The Morgan fingerprint density at radius 1 is 1.36 bits per heavy atom. The van der Waals surface area contributed by atoms with E-state index in [0.29, 0.717) is 23.1 Å². The normalized spacial score (nSPS) is 20.9. The smallest absolute Gasteiger partial charge is 0.327 e. The van der Waals surface area contributed by atoms with Gasteiger partial charge in [0.05, 0.1) is 17.4 Å². The monoisotopic (exact) mass is 438 g/mol. The van der Waals surface area contributed by atoms with Crippen LogP contribution < -0.4 is 4.74 Å². The fourth-order valence-corrected chi connectivity index (χ4v) is 5.16. The van der Waals surface area contributed by atoms with Crippen molar-refractivity contribution in [2.24, 2.45) is 0 Å². The van der Waals surface area contributed by atoms with Gasteiger partial charge in [-0.2, -0.15) is 0 Å². The molecule has 2 saturated heterocycles. The number of carboxylic acid groups (broad SMARTS) is 1. The molecular formula is C18H18N2O5S3. The summed E-state index contributed by atoms with van der Waals surface area (Å²) in [5, 5.41) is 9.22. The molecule has 0 aliphatic carbocycles. The van der Waals surface area contributed by atoms with E-state index in [1.54, 1.807) is 6.08 Å². The molecule has 28 heavy (non-hydrogen) atoms. The van der Waals surface area contributed by atoms with Gasteiger partial charge in [0.1, 0.15) is 22.7 Å². The van der Waals surface area contributed by atoms with E-state index < -0.39 is 17.9 Å². The Morgan fingerprint density at radius 3 is 2.71 bits per heavy atom. The van der Waals surface area contributed by atoms with Gasteiger partial charge in [-0.1, -0.05) is 36.1 Å². The van der Waals surface area contributed by atoms with E-state index >= 15 is 0 Å². The van der Waals surface area contributed by atoms with E-state index in [-0.39, 0.29) is 16.8 Å². The molecule has 1 aromatic rings. The van der Waals surface area contributed by atoms with Crippen LogP contribution in [0.1, 0.15) is 12.5 Å². The number of thiocarbonyl (C=S) groups is 1. The van der Waals surface area contributed by atoms with Crippen LogP contribution in [0, 0.1) is 0 Å². The average molecular weight is 439 g/mol. The first kappa shape index (κ1) is 20.7. The molecule has 0 aromatic heterocycles. The third-order valence-corrected chi connectivity index (χ3v) is 6.53. The Balaban J connectivity index is 1.69. The Bertz CT molecular complexity index is 840. The fourth-order valence-electron chi connectivity index (χ4n) is 2.73. The van der Waals surface area contributed by atoms with Crippen molar-refractivity contribution in [2.75, 3.05) is 24.8 Å². The Labute approximate surface area is 176 Å². The van der Waals surface area contributed by atoms with E-state index in [1.165, 1.54) is 21.6 Å². The molecule has 1 N–H and O–H groups in total. The van der Waals surface area contributed by atoms with Crippen molar-refractivity contribution in [3.05, 3.63) is 34.7 Å². The Kier molecular flexibility index (Phi) is 6.63. The number of benzene rings is 1. The zero-order valence-corrected chi connectivity index (χ0v) is 17.4. The number of thioether (sulfide) groups is 2. The molecule has 10 heteroatoms. The second-order valence-corrected chi connectivity index (χ2v) is 8.66. The minimum atomic E-state index is -1.04. The second-order valence-electron chi connectivity index (χ2n) is 5.99. The van der Waals surface area contributed by atoms with Gasteiger partial charge >= 0.3 is 5.97 Å². The van der Waals surface area contributed by atoms with Crippen LogP contribution in [0.3, 0.4) is 0 Å². The molecule has 0 saturated carbocycles. The maximum Gasteiger partial charge on any atom is 0.327 e. The molecule has 1 unspecified atom stereocenters. The predicted molar refractivity (Wildman–Crippen MR) is 113 cm³/mol. The van der Waals surface area contributed by atoms with Crippen molar-refractivity contribution in [1.82, 2.24) is 9.80 Å². The van der Waals surface area contributed by atoms with Crippen LogP contribution in [0.4, 0.5) is 0 Å². The lowest BCUT2D eigenvalue weighted by Gasteiger charge is -2.23. The van der Waals surface area contributed by atoms with Crippen LogP contribution in [0.15, 0.2) is 29.2 Å². The minimum absolute atomic E-state index is 0.254. The predicted octanol–water partition coefficient (Wildman–Crippen LogP) is 2.27. The summed E-state index contributed by atoms with van der Waals surface area (Å²) >= 11 is 7.76. The zero-order chi connectivity index (χ0) is 20.3. The van der Waals surface area contributed by atoms with Crippen LogP contribution in [-0.2, 0) is 14.4 Å². The molecule has 7 nitrogen and oxygen atoms in total. The second kappa shape index (κ2) is 8.97. The number of carbonyl (C=O) groups excluding carboxylic acids is 2. The Morgan fingerprint density at radius 2 is 2.07 bits per heavy atom. The van der Waals surface area contributed by atoms with Crippen LogP contribution in [-0.4, -0.2) is 67.8 Å². The van der Waals surface area contributed by atoms with E-state index in [0.717, 1.165) is 23.1 Å². The number of carboxylic acids is 1. The minimum Gasteiger partial charge on any atom is -0.494 e. The van der Waals surface area contributed by atoms with Crippen molar-refractivity contribution in [2.45, 2.75) is 13.0 Å². The number of carbonyl (C=O) groups is 3. The van der Waals surface area contributed by atoms with E-state index in [1.807, 2.05) is 31.2 Å². The third kappa shape index (κ3) is 4.50. The molecule has 2 amide bonds. The SMILES string of the molecule is CCOc1ccc(/C=C2\SC(=S)N(CC(=O)N3CSCC3C(=O)O)C2=O)cc1. The van der Waals surface area contributed by atoms with Gasteiger partial charge in [-0.25, -0.2) is 4.79 Å². The van der Waals surface area contributed by atoms with Crippen LogP contribution in [0.2, 0.25) is 0 Å². The molecule has 0 radical (unpaired) electrons. The average Bonchev–Trinajstić information content (AvgIpc) is 3.25. The summed E-state index contributed by atoms with van der Waals surface area (Å²) in [6.07, 6.45) is 1.71. The van der Waals surface area contributed by atoms with Crippen molar-refractivity contribution in [3.63, 3.8) is 0 Å². The van der Waals surface area contributed by atoms with Gasteiger partial charge < -0.3 is 14.7 Å². The molecule has 1 aromatic carbocycles. The molecule has 1 atom stereocenters. The highest BCUT2D eigenvalue weighted by Gasteiger charge is 2.39. The van der Waals surface area contributed by atoms with Gasteiger partial charge in [0, 0.05) is 5.75 Å². The summed E-state index contributed by atoms with van der Waals surface area (Å²) < 4.78 is 5.68. The molecule has 148 valence electrons. The van der Waals surface area contributed by atoms with Gasteiger partial charge in [0.25, 0.3) is 5.91 Å². The summed E-state index contributed by atoms with van der Waals surface area (Å²) in [6.45, 7) is 2.22. The maximum atomic E-state index is 12.7. The molecule has 0 bridgehead atoms. The number of aliphatic carboxylic acids is 1. The number of nitrogens with zero attached hydrogens (tertiary/aromatic N) is 2. The quantitative estimate of drug-likeness (QED) is 0.535. The molecule has 2 heterocycles. The Hall–Kier alpha value is -2.04. The van der Waals surface area contributed by atoms with Gasteiger partial charge in [-0.05, 0) is 30.7 Å². The van der Waals surface area contributed by atoms with Crippen LogP contribution >= 0.6 is 35.7 Å². The highest BCUT2D eigenvalue weighted by molar-refractivity contribution is 8.26. The number of ether oxygens (including phenoxy) is 1. The standard InChI is InChI=1S/C18H18N2O5S3/c1-2-25-12-5-3-11(4-6-12)7-14-16(22)19(18(26)28-14)8-15(21)20-10-27-9-13(20)17(23)24/h3-7,13H,2,8-10H2,1H3,(H,23,24)/b14-7-. The summed E-state index contributed by atoms with van der Waals surface area (Å²) in [5.74, 6) is -0.427. The third-order valence-electron chi connectivity index (χ3n) is 4.14. The maximum absolute atomic E-state index is 12.7. The summed E-state index contributed by atoms with van der Waals surface area (Å²) in [6, 6.07) is 6.44. The largest absolute Gasteiger partial charge is 0.494 e. The first-order chi connectivity index (χ1) is 13.4. The molecule has 2 aliphatic heterocycles. The lowest BCUT2D eigenvalue weighted by molar-refractivity contribution is -0.148. The van der Waals surface area contributed by atoms with Gasteiger partial charge in [-0.3, -0.25) is 14.5 Å². The van der Waals surface area contributed by atoms with Gasteiger partial charge in [0.2, 0.25) is 5.91 Å². The van der Waals surface area contributed by atoms with Crippen LogP contribution in [0.25, 0.3) is 6.08 Å². The van der Waals surface area contributed by atoms with Crippen molar-refractivity contribution >= 4 is 63.9 Å². The molecule has 0 spiro atoms. The highest BCUT2D eigenvalue weighted by atomic mass is 32.2. The number of rotatable bonds is 6. The first-order valence-corrected chi connectivity index (χ1v) is 10.9. The zero-order valence-electron chi connectivity index (χ0n) is 15.0. The van der Waals surface area contributed by atoms with E-state index in [4.69, 9.17) is 17.0 Å². The summed E-state index contributed by atoms with van der Waals surface area (Å²) in [4.78, 5) is 39.4. The molecule has 3 rings (SSSR count). The van der Waals surface area contributed by atoms with Crippen molar-refractivity contribution < 1.29 is 24.2 Å². The van der Waals surface area contributed by atoms with Crippen LogP contribution in [0.5, 0.6) is 5.75 Å². The van der Waals surface area contributed by atoms with Gasteiger partial charge in [0.15, 0.2) is 0 Å². The van der Waals surface area contributed by atoms with E-state index in [9.17, 15) is 19.5 Å². The molecule has 2 aliphatic rings. The number of hydrogen-bond acceptors (Lipinski definition) is 7. The molecule has 2 fully saturated rings. The number of amides is 2. The lowest BCUT2D eigenvalue weighted by atomic mass is 10.2. The summed E-state index contributed by atoms with van der Waals surface area (Å²) in [5.41, 5.74) is 0.817. The van der Waals surface area contributed by atoms with Crippen molar-refractivity contribution in [1.29, 1.82) is 0 Å². The topological polar surface area (TPSA) is 87.2 Å². The van der Waals surface area contributed by atoms with Crippen molar-refractivity contribution in [3.8, 4) is 5.75 Å². The number of hydrogen-bond donors (Lipinski definition) is 1. The first-order valence-electron chi connectivity index (χ1n) is 8.49. The molecular weight excluding hydrogens is 420 g/mol. The van der Waals surface area contributed by atoms with Gasteiger partial charge in [-0.15, -0.1) is 11.8 Å². The lowest BCUT2D eigenvalue weighted by Crippen LogP contribution is -2.47. The summed E-state index contributed by atoms with van der Waals surface area (Å²) in [7, 11) is 0. The highest BCUT2D eigenvalue weighted by Crippen LogP contribution is 2.33. The fraction of sp³-hybridized carbons (Fsp3) is 0.333.